The smallest absolute Gasteiger partial charge is 0.222 e. The summed E-state index contributed by atoms with van der Waals surface area (Å²) < 4.78 is 15.5. The van der Waals surface area contributed by atoms with Crippen LogP contribution in [0.3, 0.4) is 0 Å². The molecule has 0 bridgehead atoms. The molecule has 0 N–H and O–H groups in total. The van der Waals surface area contributed by atoms with Crippen LogP contribution < -0.4 is 0 Å². The number of nitrogens with zero attached hydrogens (tertiary/aromatic N) is 5. The van der Waals surface area contributed by atoms with Crippen LogP contribution in [0.2, 0.25) is 0 Å². The zero-order chi connectivity index (χ0) is 21.9. The van der Waals surface area contributed by atoms with Crippen LogP contribution in [0.15, 0.2) is 53.7 Å². The molecule has 1 aliphatic rings. The lowest BCUT2D eigenvalue weighted by molar-refractivity contribution is -0.130. The van der Waals surface area contributed by atoms with Gasteiger partial charge in [-0.05, 0) is 43.0 Å². The monoisotopic (exact) mass is 449 g/mol. The number of benzene rings is 2. The van der Waals surface area contributed by atoms with Crippen molar-refractivity contribution in [2.24, 2.45) is 0 Å². The summed E-state index contributed by atoms with van der Waals surface area (Å²) in [6.07, 6.45) is 3.59. The van der Waals surface area contributed by atoms with Crippen molar-refractivity contribution in [3.63, 3.8) is 0 Å². The molecule has 6 nitrogen and oxygen atoms in total. The first kappa shape index (κ1) is 20.9. The van der Waals surface area contributed by atoms with E-state index in [1.807, 2.05) is 29.2 Å². The Bertz CT molecular complexity index is 1250. The number of rotatable bonds is 7. The lowest BCUT2D eigenvalue weighted by Crippen LogP contribution is -2.27. The van der Waals surface area contributed by atoms with Gasteiger partial charge in [0.15, 0.2) is 5.65 Å². The fourth-order valence-corrected chi connectivity index (χ4v) is 4.92. The van der Waals surface area contributed by atoms with Crippen molar-refractivity contribution in [3.8, 4) is 0 Å². The minimum atomic E-state index is -0.248. The van der Waals surface area contributed by atoms with Crippen LogP contribution in [0.4, 0.5) is 4.39 Å². The standard InChI is InChI=1S/C24H24FN5OS/c25-18-11-9-17(10-12-18)16-30-20-7-2-1-6-19(20)22-23(30)26-24(28-27-22)32-15-5-8-21(31)29-13-3-4-14-29/h1-2,6-7,9-12H,3-5,8,13-16H2. The largest absolute Gasteiger partial charge is 0.343 e. The Balaban J connectivity index is 1.35. The molecule has 0 spiro atoms. The first-order valence-electron chi connectivity index (χ1n) is 11.0. The highest BCUT2D eigenvalue weighted by Crippen LogP contribution is 2.28. The predicted molar refractivity (Wildman–Crippen MR) is 124 cm³/mol. The second-order valence-corrected chi connectivity index (χ2v) is 9.10. The number of hydrogen-bond donors (Lipinski definition) is 0. The van der Waals surface area contributed by atoms with Crippen LogP contribution in [-0.2, 0) is 11.3 Å². The van der Waals surface area contributed by atoms with Gasteiger partial charge in [-0.15, -0.1) is 10.2 Å². The Morgan fingerprint density at radius 2 is 1.81 bits per heavy atom. The molecule has 0 unspecified atom stereocenters. The topological polar surface area (TPSA) is 63.9 Å². The quantitative estimate of drug-likeness (QED) is 0.303. The fourth-order valence-electron chi connectivity index (χ4n) is 4.19. The van der Waals surface area contributed by atoms with Crippen LogP contribution in [-0.4, -0.2) is 49.4 Å². The molecule has 164 valence electrons. The highest BCUT2D eigenvalue weighted by Gasteiger charge is 2.18. The summed E-state index contributed by atoms with van der Waals surface area (Å²) in [5.41, 5.74) is 3.53. The van der Waals surface area contributed by atoms with Gasteiger partial charge in [-0.1, -0.05) is 42.1 Å². The molecule has 0 radical (unpaired) electrons. The number of para-hydroxylation sites is 1. The van der Waals surface area contributed by atoms with Gasteiger partial charge < -0.3 is 9.47 Å². The maximum absolute atomic E-state index is 13.3. The lowest BCUT2D eigenvalue weighted by atomic mass is 10.2. The van der Waals surface area contributed by atoms with E-state index in [4.69, 9.17) is 4.98 Å². The maximum atomic E-state index is 13.3. The molecule has 5 rings (SSSR count). The highest BCUT2D eigenvalue weighted by molar-refractivity contribution is 7.99. The van der Waals surface area contributed by atoms with E-state index < -0.39 is 0 Å². The van der Waals surface area contributed by atoms with Gasteiger partial charge in [0, 0.05) is 37.2 Å². The Hall–Kier alpha value is -3.00. The number of fused-ring (bicyclic) bond motifs is 3. The van der Waals surface area contributed by atoms with E-state index in [-0.39, 0.29) is 11.7 Å². The molecular weight excluding hydrogens is 425 g/mol. The van der Waals surface area contributed by atoms with Crippen LogP contribution >= 0.6 is 11.8 Å². The average molecular weight is 450 g/mol. The van der Waals surface area contributed by atoms with Crippen molar-refractivity contribution in [3.05, 3.63) is 59.9 Å². The van der Waals surface area contributed by atoms with Gasteiger partial charge in [-0.2, -0.15) is 0 Å². The Kier molecular flexibility index (Phi) is 6.03. The van der Waals surface area contributed by atoms with E-state index in [2.05, 4.69) is 14.8 Å². The van der Waals surface area contributed by atoms with Crippen LogP contribution in [0.25, 0.3) is 22.1 Å². The number of halogens is 1. The van der Waals surface area contributed by atoms with Gasteiger partial charge >= 0.3 is 0 Å². The molecule has 32 heavy (non-hydrogen) atoms. The van der Waals surface area contributed by atoms with E-state index >= 15 is 0 Å². The molecule has 2 aromatic heterocycles. The van der Waals surface area contributed by atoms with E-state index in [1.165, 1.54) is 23.9 Å². The van der Waals surface area contributed by atoms with Crippen molar-refractivity contribution >= 4 is 39.7 Å². The molecule has 0 aliphatic carbocycles. The summed E-state index contributed by atoms with van der Waals surface area (Å²) >= 11 is 1.53. The minimum absolute atomic E-state index is 0.247. The predicted octanol–water partition coefficient (Wildman–Crippen LogP) is 4.66. The molecule has 1 aliphatic heterocycles. The Morgan fingerprint density at radius 1 is 1.03 bits per heavy atom. The molecule has 1 saturated heterocycles. The molecular formula is C24H24FN5OS. The van der Waals surface area contributed by atoms with E-state index in [0.29, 0.717) is 18.1 Å². The number of likely N-dealkylation sites (tertiary alicyclic amines) is 1. The summed E-state index contributed by atoms with van der Waals surface area (Å²) in [4.78, 5) is 19.0. The lowest BCUT2D eigenvalue weighted by Gasteiger charge is -2.14. The average Bonchev–Trinajstić information content (AvgIpc) is 3.46. The van der Waals surface area contributed by atoms with Gasteiger partial charge in [-0.3, -0.25) is 4.79 Å². The molecule has 8 heteroatoms. The normalized spacial score (nSPS) is 14.0. The van der Waals surface area contributed by atoms with Gasteiger partial charge in [0.2, 0.25) is 11.1 Å². The van der Waals surface area contributed by atoms with Gasteiger partial charge in [0.25, 0.3) is 0 Å². The first-order chi connectivity index (χ1) is 15.7. The molecule has 4 aromatic rings. The maximum Gasteiger partial charge on any atom is 0.222 e. The number of hydrogen-bond acceptors (Lipinski definition) is 5. The fraction of sp³-hybridized carbons (Fsp3) is 0.333. The van der Waals surface area contributed by atoms with Crippen LogP contribution in [0, 0.1) is 5.82 Å². The van der Waals surface area contributed by atoms with Crippen molar-refractivity contribution in [2.45, 2.75) is 37.4 Å². The molecule has 1 fully saturated rings. The molecule has 1 amide bonds. The highest BCUT2D eigenvalue weighted by atomic mass is 32.2. The molecule has 0 atom stereocenters. The number of carbonyl (C=O) groups is 1. The number of carbonyl (C=O) groups excluding carboxylic acids is 1. The van der Waals surface area contributed by atoms with Crippen molar-refractivity contribution in [1.82, 2.24) is 24.6 Å². The molecule has 0 saturated carbocycles. The summed E-state index contributed by atoms with van der Waals surface area (Å²) in [5.74, 6) is 0.768. The van der Waals surface area contributed by atoms with Crippen LogP contribution in [0.1, 0.15) is 31.2 Å². The zero-order valence-electron chi connectivity index (χ0n) is 17.7. The Labute approximate surface area is 189 Å². The minimum Gasteiger partial charge on any atom is -0.343 e. The van der Waals surface area contributed by atoms with E-state index in [1.54, 1.807) is 12.1 Å². The SMILES string of the molecule is O=C(CCCSc1nnc2c3ccccc3n(Cc3ccc(F)cc3)c2n1)N1CCCC1. The number of thioether (sulfide) groups is 1. The summed E-state index contributed by atoms with van der Waals surface area (Å²) in [6, 6.07) is 14.6. The van der Waals surface area contributed by atoms with Gasteiger partial charge in [0.05, 0.1) is 5.52 Å². The summed E-state index contributed by atoms with van der Waals surface area (Å²) in [7, 11) is 0. The van der Waals surface area contributed by atoms with E-state index in [9.17, 15) is 9.18 Å². The second-order valence-electron chi connectivity index (χ2n) is 8.04. The van der Waals surface area contributed by atoms with E-state index in [0.717, 1.165) is 65.7 Å². The van der Waals surface area contributed by atoms with Crippen LogP contribution in [0.5, 0.6) is 0 Å². The van der Waals surface area contributed by atoms with Gasteiger partial charge in [0.1, 0.15) is 11.3 Å². The molecule has 2 aromatic carbocycles. The van der Waals surface area contributed by atoms with Crippen molar-refractivity contribution in [1.29, 1.82) is 0 Å². The third kappa shape index (κ3) is 4.32. The zero-order valence-corrected chi connectivity index (χ0v) is 18.5. The summed E-state index contributed by atoms with van der Waals surface area (Å²) in [5, 5.41) is 10.4. The first-order valence-corrected chi connectivity index (χ1v) is 11.9. The molecule has 3 heterocycles. The van der Waals surface area contributed by atoms with Crippen molar-refractivity contribution < 1.29 is 9.18 Å². The second kappa shape index (κ2) is 9.24. The van der Waals surface area contributed by atoms with Crippen molar-refractivity contribution in [2.75, 3.05) is 18.8 Å². The third-order valence-corrected chi connectivity index (χ3v) is 6.76. The third-order valence-electron chi connectivity index (χ3n) is 5.83. The van der Waals surface area contributed by atoms with Gasteiger partial charge in [-0.25, -0.2) is 9.37 Å². The number of aromatic nitrogens is 4. The summed E-state index contributed by atoms with van der Waals surface area (Å²) in [6.45, 7) is 2.36. The number of amides is 1. The Morgan fingerprint density at radius 3 is 2.62 bits per heavy atom.